The minimum absolute atomic E-state index is 0.00819. The number of primary sulfonamides is 1. The smallest absolute Gasteiger partial charge is 0.238 e. The lowest BCUT2D eigenvalue weighted by Gasteiger charge is -2.03. The van der Waals surface area contributed by atoms with E-state index in [1.54, 1.807) is 4.57 Å². The van der Waals surface area contributed by atoms with Gasteiger partial charge in [-0.25, -0.2) is 13.6 Å². The Morgan fingerprint density at radius 1 is 1.08 bits per heavy atom. The van der Waals surface area contributed by atoms with Gasteiger partial charge in [-0.2, -0.15) is 5.11 Å². The summed E-state index contributed by atoms with van der Waals surface area (Å²) in [6.07, 6.45) is 0.873. The van der Waals surface area contributed by atoms with Crippen LogP contribution in [0.2, 0.25) is 0 Å². The standard InChI is InChI=1S/C17H18N4O3S/c1-2-11-21-15-6-4-3-5-14(15)16(17(21)22)20-19-12-7-9-13(10-8-12)25(18,23)24/h3-10,22H,2,11H2,1H3,(H2,18,23,24). The summed E-state index contributed by atoms with van der Waals surface area (Å²) < 4.78 is 24.3. The van der Waals surface area contributed by atoms with Gasteiger partial charge < -0.3 is 9.67 Å². The van der Waals surface area contributed by atoms with Gasteiger partial charge >= 0.3 is 0 Å². The lowest BCUT2D eigenvalue weighted by Crippen LogP contribution is -2.11. The maximum Gasteiger partial charge on any atom is 0.238 e. The number of sulfonamides is 1. The zero-order chi connectivity index (χ0) is 18.0. The molecule has 0 saturated heterocycles. The highest BCUT2D eigenvalue weighted by atomic mass is 32.2. The van der Waals surface area contributed by atoms with Crippen LogP contribution >= 0.6 is 0 Å². The number of fused-ring (bicyclic) bond motifs is 1. The van der Waals surface area contributed by atoms with E-state index in [0.717, 1.165) is 17.3 Å². The number of nitrogens with two attached hydrogens (primary N) is 1. The Bertz CT molecular complexity index is 1040. The molecule has 25 heavy (non-hydrogen) atoms. The first-order valence-electron chi connectivity index (χ1n) is 7.76. The number of aromatic nitrogens is 1. The summed E-state index contributed by atoms with van der Waals surface area (Å²) in [5.41, 5.74) is 1.74. The van der Waals surface area contributed by atoms with Crippen LogP contribution in [0.15, 0.2) is 63.7 Å². The second-order valence-corrected chi connectivity index (χ2v) is 7.14. The van der Waals surface area contributed by atoms with Gasteiger partial charge in [-0.15, -0.1) is 5.11 Å². The minimum Gasteiger partial charge on any atom is -0.493 e. The Morgan fingerprint density at radius 2 is 1.76 bits per heavy atom. The molecule has 0 unspecified atom stereocenters. The van der Waals surface area contributed by atoms with Crippen LogP contribution in [-0.2, 0) is 16.6 Å². The molecule has 0 atom stereocenters. The summed E-state index contributed by atoms with van der Waals surface area (Å²) in [6, 6.07) is 13.3. The fourth-order valence-corrected chi connectivity index (χ4v) is 3.15. The van der Waals surface area contributed by atoms with E-state index in [0.29, 0.717) is 17.9 Å². The monoisotopic (exact) mass is 358 g/mol. The second-order valence-electron chi connectivity index (χ2n) is 5.58. The summed E-state index contributed by atoms with van der Waals surface area (Å²) in [7, 11) is -3.74. The molecule has 0 aliphatic heterocycles. The van der Waals surface area contributed by atoms with E-state index in [-0.39, 0.29) is 10.8 Å². The second kappa shape index (κ2) is 6.66. The largest absolute Gasteiger partial charge is 0.493 e. The number of aryl methyl sites for hydroxylation is 1. The molecule has 8 heteroatoms. The van der Waals surface area contributed by atoms with Crippen molar-refractivity contribution < 1.29 is 13.5 Å². The lowest BCUT2D eigenvalue weighted by molar-refractivity contribution is 0.421. The average Bonchev–Trinajstić information content (AvgIpc) is 2.85. The molecule has 0 bridgehead atoms. The number of para-hydroxylation sites is 1. The summed E-state index contributed by atoms with van der Waals surface area (Å²) in [5.74, 6) is 0.0629. The van der Waals surface area contributed by atoms with E-state index in [1.807, 2.05) is 31.2 Å². The molecule has 0 amide bonds. The van der Waals surface area contributed by atoms with Gasteiger partial charge in [0.25, 0.3) is 0 Å². The molecule has 0 radical (unpaired) electrons. The molecule has 0 fully saturated rings. The van der Waals surface area contributed by atoms with Crippen LogP contribution < -0.4 is 5.14 Å². The predicted octanol–water partition coefficient (Wildman–Crippen LogP) is 3.82. The topological polar surface area (TPSA) is 110 Å². The van der Waals surface area contributed by atoms with Crippen molar-refractivity contribution in [2.24, 2.45) is 15.4 Å². The number of rotatable bonds is 5. The molecule has 0 spiro atoms. The average molecular weight is 358 g/mol. The first-order chi connectivity index (χ1) is 11.9. The summed E-state index contributed by atoms with van der Waals surface area (Å²) in [4.78, 5) is 0.00819. The Hall–Kier alpha value is -2.71. The van der Waals surface area contributed by atoms with E-state index < -0.39 is 10.0 Å². The molecule has 7 nitrogen and oxygen atoms in total. The van der Waals surface area contributed by atoms with Crippen molar-refractivity contribution in [3.05, 3.63) is 48.5 Å². The van der Waals surface area contributed by atoms with Gasteiger partial charge in [0.05, 0.1) is 16.1 Å². The van der Waals surface area contributed by atoms with Crippen LogP contribution in [0.1, 0.15) is 13.3 Å². The molecule has 130 valence electrons. The Morgan fingerprint density at radius 3 is 2.40 bits per heavy atom. The molecule has 0 saturated carbocycles. The van der Waals surface area contributed by atoms with Crippen LogP contribution in [0.3, 0.4) is 0 Å². The molecule has 1 aromatic heterocycles. The fraction of sp³-hybridized carbons (Fsp3) is 0.176. The van der Waals surface area contributed by atoms with Crippen molar-refractivity contribution in [3.63, 3.8) is 0 Å². The minimum atomic E-state index is -3.74. The van der Waals surface area contributed by atoms with Crippen molar-refractivity contribution in [1.82, 2.24) is 4.57 Å². The van der Waals surface area contributed by atoms with Crippen LogP contribution in [0.25, 0.3) is 10.9 Å². The van der Waals surface area contributed by atoms with Crippen LogP contribution in [0.5, 0.6) is 5.88 Å². The zero-order valence-corrected chi connectivity index (χ0v) is 14.4. The molecule has 0 aliphatic rings. The molecule has 3 rings (SSSR count). The molecule has 2 aromatic carbocycles. The Labute approximate surface area is 145 Å². The van der Waals surface area contributed by atoms with Crippen molar-refractivity contribution in [2.75, 3.05) is 0 Å². The Balaban J connectivity index is 2.00. The third-order valence-corrected chi connectivity index (χ3v) is 4.72. The lowest BCUT2D eigenvalue weighted by atomic mass is 10.2. The molecular formula is C17H18N4O3S. The predicted molar refractivity (Wildman–Crippen MR) is 95.9 cm³/mol. The number of azo groups is 1. The van der Waals surface area contributed by atoms with E-state index in [4.69, 9.17) is 5.14 Å². The van der Waals surface area contributed by atoms with Crippen LogP contribution in [0, 0.1) is 0 Å². The maximum absolute atomic E-state index is 11.3. The third-order valence-electron chi connectivity index (χ3n) is 3.80. The highest BCUT2D eigenvalue weighted by molar-refractivity contribution is 7.89. The maximum atomic E-state index is 11.3. The van der Waals surface area contributed by atoms with Gasteiger partial charge in [0, 0.05) is 11.9 Å². The summed E-state index contributed by atoms with van der Waals surface area (Å²) in [5, 5.41) is 24.6. The van der Waals surface area contributed by atoms with Crippen molar-refractivity contribution >= 4 is 32.3 Å². The fourth-order valence-electron chi connectivity index (χ4n) is 2.63. The summed E-state index contributed by atoms with van der Waals surface area (Å²) in [6.45, 7) is 2.70. The first-order valence-corrected chi connectivity index (χ1v) is 9.31. The van der Waals surface area contributed by atoms with E-state index in [2.05, 4.69) is 10.2 Å². The quantitative estimate of drug-likeness (QED) is 0.676. The van der Waals surface area contributed by atoms with Gasteiger partial charge in [-0.3, -0.25) is 0 Å². The van der Waals surface area contributed by atoms with Crippen molar-refractivity contribution in [2.45, 2.75) is 24.8 Å². The highest BCUT2D eigenvalue weighted by Gasteiger charge is 2.15. The van der Waals surface area contributed by atoms with Gasteiger partial charge in [-0.05, 0) is 36.8 Å². The van der Waals surface area contributed by atoms with Gasteiger partial charge in [0.1, 0.15) is 0 Å². The number of aromatic hydroxyl groups is 1. The zero-order valence-electron chi connectivity index (χ0n) is 13.6. The molecular weight excluding hydrogens is 340 g/mol. The molecule has 3 aromatic rings. The normalized spacial score (nSPS) is 12.2. The Kier molecular flexibility index (Phi) is 4.56. The molecule has 3 N–H and O–H groups in total. The molecule has 0 aliphatic carbocycles. The van der Waals surface area contributed by atoms with Gasteiger partial charge in [0.2, 0.25) is 15.9 Å². The number of hydrogen-bond donors (Lipinski definition) is 2. The third kappa shape index (κ3) is 3.40. The van der Waals surface area contributed by atoms with Crippen molar-refractivity contribution in [3.8, 4) is 5.88 Å². The van der Waals surface area contributed by atoms with E-state index in [1.165, 1.54) is 24.3 Å². The van der Waals surface area contributed by atoms with E-state index in [9.17, 15) is 13.5 Å². The first kappa shape index (κ1) is 17.1. The SMILES string of the molecule is CCCn1c(O)c(N=Nc2ccc(S(N)(=O)=O)cc2)c2ccccc21. The number of hydrogen-bond acceptors (Lipinski definition) is 5. The van der Waals surface area contributed by atoms with Gasteiger partial charge in [-0.1, -0.05) is 25.1 Å². The molecule has 1 heterocycles. The highest BCUT2D eigenvalue weighted by Crippen LogP contribution is 2.39. The number of nitrogens with zero attached hydrogens (tertiary/aromatic N) is 3. The van der Waals surface area contributed by atoms with Crippen molar-refractivity contribution in [1.29, 1.82) is 0 Å². The summed E-state index contributed by atoms with van der Waals surface area (Å²) >= 11 is 0. The van der Waals surface area contributed by atoms with Crippen LogP contribution in [0.4, 0.5) is 11.4 Å². The van der Waals surface area contributed by atoms with E-state index >= 15 is 0 Å². The van der Waals surface area contributed by atoms with Crippen LogP contribution in [-0.4, -0.2) is 18.1 Å². The number of benzene rings is 2. The van der Waals surface area contributed by atoms with Gasteiger partial charge in [0.15, 0.2) is 5.69 Å².